The molecule has 0 spiro atoms. The first-order valence-corrected chi connectivity index (χ1v) is 20.3. The number of carbonyl (C=O) groups is 2. The first-order valence-electron chi connectivity index (χ1n) is 15.8. The van der Waals surface area contributed by atoms with Gasteiger partial charge in [0, 0.05) is 6.61 Å². The van der Waals surface area contributed by atoms with Crippen molar-refractivity contribution in [3.63, 3.8) is 0 Å². The van der Waals surface area contributed by atoms with Gasteiger partial charge in [-0.3, -0.25) is 4.79 Å². The maximum absolute atomic E-state index is 15.9. The molecule has 15 heteroatoms. The van der Waals surface area contributed by atoms with Crippen LogP contribution in [0.15, 0.2) is 45.7 Å². The molecule has 12 nitrogen and oxygen atoms in total. The van der Waals surface area contributed by atoms with E-state index in [2.05, 4.69) is 49.4 Å². The van der Waals surface area contributed by atoms with Crippen molar-refractivity contribution in [2.24, 2.45) is 0 Å². The number of aromatic nitrogens is 2. The van der Waals surface area contributed by atoms with Gasteiger partial charge in [-0.15, -0.1) is 10.2 Å². The quantitative estimate of drug-likeness (QED) is 0.264. The number of anilines is 1. The Morgan fingerprint density at radius 1 is 1.10 bits per heavy atom. The summed E-state index contributed by atoms with van der Waals surface area (Å²) in [4.78, 5) is 27.5. The van der Waals surface area contributed by atoms with Gasteiger partial charge in [0.2, 0.25) is 5.89 Å². The minimum absolute atomic E-state index is 0.0309. The molecular formula is C34H44FN5O7SSi. The third-order valence-electron chi connectivity index (χ3n) is 8.57. The molecule has 2 amide bonds. The number of hydrogen-bond acceptors (Lipinski definition) is 10. The van der Waals surface area contributed by atoms with E-state index >= 15 is 4.39 Å². The van der Waals surface area contributed by atoms with Crippen molar-refractivity contribution in [2.45, 2.75) is 102 Å². The fourth-order valence-corrected chi connectivity index (χ4v) is 7.45. The number of hydrogen-bond donors (Lipinski definition) is 1. The summed E-state index contributed by atoms with van der Waals surface area (Å²) in [5.41, 5.74) is -1.10. The Morgan fingerprint density at radius 2 is 1.73 bits per heavy atom. The first kappa shape index (κ1) is 37.7. The van der Waals surface area contributed by atoms with Crippen molar-refractivity contribution >= 4 is 35.8 Å². The topological polar surface area (TPSA) is 165 Å². The maximum Gasteiger partial charge on any atom is 0.408 e. The zero-order chi connectivity index (χ0) is 36.7. The molecule has 1 atom stereocenters. The Balaban J connectivity index is 1.78. The molecular weight excluding hydrogens is 670 g/mol. The second kappa shape index (κ2) is 13.3. The number of carbonyl (C=O) groups excluding carboxylic acids is 2. The number of halogens is 1. The van der Waals surface area contributed by atoms with Gasteiger partial charge in [0.15, 0.2) is 18.2 Å². The van der Waals surface area contributed by atoms with Crippen molar-refractivity contribution in [3.8, 4) is 17.5 Å². The van der Waals surface area contributed by atoms with Gasteiger partial charge in [-0.2, -0.15) is 5.26 Å². The van der Waals surface area contributed by atoms with E-state index in [9.17, 15) is 23.3 Å². The summed E-state index contributed by atoms with van der Waals surface area (Å²) in [6.45, 7) is 19.4. The molecule has 0 unspecified atom stereocenters. The van der Waals surface area contributed by atoms with Crippen LogP contribution in [0.2, 0.25) is 18.1 Å². The lowest BCUT2D eigenvalue weighted by Gasteiger charge is -2.38. The molecule has 1 aromatic heterocycles. The average Bonchev–Trinajstić information content (AvgIpc) is 3.46. The third kappa shape index (κ3) is 8.54. The number of benzene rings is 2. The number of amides is 2. The fraction of sp³-hybridized carbons (Fsp3) is 0.500. The SMILES string of the molecule is CC(C)(C)OC(=O)N[C@H]1CS(=O)(=O)c2cc(F)c(-c3nnc(C(C)(C)CO[Si](C)(C)C(C)(C)C)o3)cc2N(Cc2ccc(C#N)cc2)C1=O. The van der Waals surface area contributed by atoms with Crippen molar-refractivity contribution in [3.05, 3.63) is 59.2 Å². The highest BCUT2D eigenvalue weighted by Crippen LogP contribution is 2.40. The minimum atomic E-state index is -4.35. The van der Waals surface area contributed by atoms with Crippen LogP contribution in [0.3, 0.4) is 0 Å². The van der Waals surface area contributed by atoms with Crippen LogP contribution in [0.25, 0.3) is 11.5 Å². The molecule has 0 fully saturated rings. The van der Waals surface area contributed by atoms with E-state index in [0.717, 1.165) is 11.0 Å². The molecule has 2 heterocycles. The second-order valence-electron chi connectivity index (χ2n) is 15.4. The lowest BCUT2D eigenvalue weighted by atomic mass is 9.95. The number of ether oxygens (including phenoxy) is 1. The number of rotatable bonds is 8. The van der Waals surface area contributed by atoms with Gasteiger partial charge >= 0.3 is 6.09 Å². The van der Waals surface area contributed by atoms with E-state index in [0.29, 0.717) is 11.1 Å². The van der Waals surface area contributed by atoms with Crippen LogP contribution < -0.4 is 10.2 Å². The molecule has 0 bridgehead atoms. The molecule has 0 radical (unpaired) electrons. The predicted molar refractivity (Wildman–Crippen MR) is 183 cm³/mol. The van der Waals surface area contributed by atoms with Gasteiger partial charge in [-0.25, -0.2) is 17.6 Å². The molecule has 3 aromatic rings. The number of sulfone groups is 1. The Hall–Kier alpha value is -4.13. The summed E-state index contributed by atoms with van der Waals surface area (Å²) in [6.07, 6.45) is -0.990. The van der Waals surface area contributed by atoms with Gasteiger partial charge < -0.3 is 23.8 Å². The molecule has 4 rings (SSSR count). The largest absolute Gasteiger partial charge is 0.444 e. The van der Waals surface area contributed by atoms with Gasteiger partial charge in [0.05, 0.1) is 45.5 Å². The molecule has 2 aromatic carbocycles. The molecule has 0 aliphatic carbocycles. The smallest absolute Gasteiger partial charge is 0.408 e. The lowest BCUT2D eigenvalue weighted by molar-refractivity contribution is -0.120. The normalized spacial score (nSPS) is 16.8. The lowest BCUT2D eigenvalue weighted by Crippen LogP contribution is -2.51. The molecule has 0 saturated heterocycles. The Labute approximate surface area is 288 Å². The summed E-state index contributed by atoms with van der Waals surface area (Å²) >= 11 is 0. The summed E-state index contributed by atoms with van der Waals surface area (Å²) in [5, 5.41) is 19.9. The fourth-order valence-electron chi connectivity index (χ4n) is 4.68. The van der Waals surface area contributed by atoms with Crippen molar-refractivity contribution < 1.29 is 36.0 Å². The summed E-state index contributed by atoms with van der Waals surface area (Å²) in [7, 11) is -6.48. The number of nitrogens with one attached hydrogen (secondary N) is 1. The van der Waals surface area contributed by atoms with Crippen LogP contribution in [-0.2, 0) is 35.8 Å². The number of nitrogens with zero attached hydrogens (tertiary/aromatic N) is 4. The molecule has 264 valence electrons. The number of fused-ring (bicyclic) bond motifs is 1. The third-order valence-corrected chi connectivity index (χ3v) is 14.8. The van der Waals surface area contributed by atoms with Crippen LogP contribution in [0.1, 0.15) is 72.4 Å². The first-order chi connectivity index (χ1) is 22.4. The van der Waals surface area contributed by atoms with Gasteiger partial charge in [0.1, 0.15) is 17.5 Å². The van der Waals surface area contributed by atoms with E-state index < -0.39 is 63.7 Å². The van der Waals surface area contributed by atoms with E-state index in [1.165, 1.54) is 6.07 Å². The molecule has 0 saturated carbocycles. The summed E-state index contributed by atoms with van der Waals surface area (Å²) < 4.78 is 61.0. The minimum Gasteiger partial charge on any atom is -0.444 e. The molecule has 1 aliphatic heterocycles. The van der Waals surface area contributed by atoms with E-state index in [-0.39, 0.29) is 41.2 Å². The Morgan fingerprint density at radius 3 is 2.31 bits per heavy atom. The monoisotopic (exact) mass is 713 g/mol. The van der Waals surface area contributed by atoms with Crippen LogP contribution in [0, 0.1) is 17.1 Å². The number of alkyl carbamates (subject to hydrolysis) is 1. The summed E-state index contributed by atoms with van der Waals surface area (Å²) in [5.74, 6) is -2.60. The van der Waals surface area contributed by atoms with Crippen LogP contribution in [-0.4, -0.2) is 62.9 Å². The zero-order valence-electron chi connectivity index (χ0n) is 29.6. The average molecular weight is 714 g/mol. The highest BCUT2D eigenvalue weighted by Gasteiger charge is 2.42. The Bertz CT molecular complexity index is 1890. The van der Waals surface area contributed by atoms with Crippen LogP contribution >= 0.6 is 0 Å². The summed E-state index contributed by atoms with van der Waals surface area (Å²) in [6, 6.07) is 8.81. The maximum atomic E-state index is 15.9. The zero-order valence-corrected chi connectivity index (χ0v) is 31.4. The Kier molecular flexibility index (Phi) is 10.2. The highest BCUT2D eigenvalue weighted by atomic mass is 32.2. The highest BCUT2D eigenvalue weighted by molar-refractivity contribution is 7.91. The van der Waals surface area contributed by atoms with Crippen LogP contribution in [0.4, 0.5) is 14.9 Å². The number of nitriles is 1. The standard InChI is InChI=1S/C34H44FN5O7SSi/c1-32(2,3)47-31(42)37-25-19-48(43,44)27-16-24(35)23(15-26(27)40(29(25)41)18-22-13-11-21(17-36)12-14-22)28-38-39-30(46-28)34(7,8)20-45-49(9,10)33(4,5)6/h11-16,25H,18-20H2,1-10H3,(H,37,42)/t25-/m0/s1. The predicted octanol–water partition coefficient (Wildman–Crippen LogP) is 6.26. The van der Waals surface area contributed by atoms with E-state index in [1.807, 2.05) is 19.9 Å². The van der Waals surface area contributed by atoms with E-state index in [1.54, 1.807) is 45.0 Å². The molecule has 1 aliphatic rings. The second-order valence-corrected chi connectivity index (χ2v) is 22.2. The van der Waals surface area contributed by atoms with Gasteiger partial charge in [-0.1, -0.05) is 32.9 Å². The van der Waals surface area contributed by atoms with Gasteiger partial charge in [-0.05, 0) is 82.6 Å². The van der Waals surface area contributed by atoms with Crippen LogP contribution in [0.5, 0.6) is 0 Å². The van der Waals surface area contributed by atoms with Crippen molar-refractivity contribution in [2.75, 3.05) is 17.3 Å². The van der Waals surface area contributed by atoms with E-state index in [4.69, 9.17) is 13.6 Å². The molecule has 1 N–H and O–H groups in total. The van der Waals surface area contributed by atoms with Crippen molar-refractivity contribution in [1.29, 1.82) is 5.26 Å². The molecule has 49 heavy (non-hydrogen) atoms. The van der Waals surface area contributed by atoms with Crippen molar-refractivity contribution in [1.82, 2.24) is 15.5 Å². The van der Waals surface area contributed by atoms with Gasteiger partial charge in [0.25, 0.3) is 11.8 Å².